The Morgan fingerprint density at radius 3 is 2.57 bits per heavy atom. The van der Waals surface area contributed by atoms with E-state index in [2.05, 4.69) is 4.98 Å². The molecule has 1 N–H and O–H groups in total. The molecule has 1 unspecified atom stereocenters. The normalized spacial score (nSPS) is 22.0. The average molecular weight is 291 g/mol. The van der Waals surface area contributed by atoms with Crippen LogP contribution in [0.25, 0.3) is 0 Å². The molecule has 6 nitrogen and oxygen atoms in total. The lowest BCUT2D eigenvalue weighted by atomic mass is 9.88. The second-order valence-electron chi connectivity index (χ2n) is 5.79. The van der Waals surface area contributed by atoms with Crippen LogP contribution in [0, 0.1) is 0 Å². The van der Waals surface area contributed by atoms with E-state index in [1.54, 1.807) is 33.2 Å². The van der Waals surface area contributed by atoms with Crippen LogP contribution in [0.5, 0.6) is 0 Å². The third-order valence-electron chi connectivity index (χ3n) is 4.03. The summed E-state index contributed by atoms with van der Waals surface area (Å²) in [6.45, 7) is 2.39. The average Bonchev–Trinajstić information content (AvgIpc) is 2.47. The number of piperidine rings is 1. The van der Waals surface area contributed by atoms with Crippen molar-refractivity contribution in [3.63, 3.8) is 0 Å². The Morgan fingerprint density at radius 2 is 2.05 bits per heavy atom. The number of pyridine rings is 1. The third kappa shape index (κ3) is 2.84. The number of carboxylic acid groups (broad SMARTS) is 1. The Labute approximate surface area is 124 Å². The lowest BCUT2D eigenvalue weighted by Gasteiger charge is -2.42. The second kappa shape index (κ2) is 5.71. The number of hydrogen-bond donors (Lipinski definition) is 1. The lowest BCUT2D eigenvalue weighted by Crippen LogP contribution is -2.55. The van der Waals surface area contributed by atoms with Gasteiger partial charge in [-0.2, -0.15) is 0 Å². The summed E-state index contributed by atoms with van der Waals surface area (Å²) in [5, 5.41) is 9.51. The van der Waals surface area contributed by atoms with Crippen LogP contribution in [0.15, 0.2) is 18.3 Å². The van der Waals surface area contributed by atoms with Crippen LogP contribution in [0.2, 0.25) is 0 Å². The quantitative estimate of drug-likeness (QED) is 0.916. The number of aromatic nitrogens is 1. The van der Waals surface area contributed by atoms with Crippen LogP contribution < -0.4 is 4.90 Å². The highest BCUT2D eigenvalue weighted by Gasteiger charge is 2.42. The van der Waals surface area contributed by atoms with Gasteiger partial charge in [-0.05, 0) is 38.3 Å². The van der Waals surface area contributed by atoms with Gasteiger partial charge in [0.05, 0.1) is 5.56 Å². The SMILES string of the molecule is CN(C)C(=O)c1ccc(N2CCCCC2(C)C(=O)O)nc1. The number of carboxylic acids is 1. The zero-order chi connectivity index (χ0) is 15.6. The highest BCUT2D eigenvalue weighted by molar-refractivity contribution is 5.93. The van der Waals surface area contributed by atoms with E-state index in [4.69, 9.17) is 0 Å². The van der Waals surface area contributed by atoms with Gasteiger partial charge in [0.25, 0.3) is 5.91 Å². The van der Waals surface area contributed by atoms with Gasteiger partial charge >= 0.3 is 5.97 Å². The maximum Gasteiger partial charge on any atom is 0.329 e. The minimum atomic E-state index is -0.932. The molecular weight excluding hydrogens is 270 g/mol. The molecule has 0 radical (unpaired) electrons. The molecule has 0 spiro atoms. The topological polar surface area (TPSA) is 73.7 Å². The number of rotatable bonds is 3. The van der Waals surface area contributed by atoms with Gasteiger partial charge < -0.3 is 14.9 Å². The van der Waals surface area contributed by atoms with Crippen molar-refractivity contribution in [2.45, 2.75) is 31.7 Å². The fourth-order valence-electron chi connectivity index (χ4n) is 2.64. The summed E-state index contributed by atoms with van der Waals surface area (Å²) in [6.07, 6.45) is 3.95. The first kappa shape index (κ1) is 15.3. The highest BCUT2D eigenvalue weighted by Crippen LogP contribution is 2.32. The summed E-state index contributed by atoms with van der Waals surface area (Å²) in [6, 6.07) is 3.42. The maximum absolute atomic E-state index is 11.8. The van der Waals surface area contributed by atoms with Crippen molar-refractivity contribution in [3.05, 3.63) is 23.9 Å². The van der Waals surface area contributed by atoms with E-state index in [0.717, 1.165) is 12.8 Å². The van der Waals surface area contributed by atoms with Crippen molar-refractivity contribution in [2.75, 3.05) is 25.5 Å². The minimum Gasteiger partial charge on any atom is -0.480 e. The van der Waals surface area contributed by atoms with Crippen LogP contribution in [0.4, 0.5) is 5.82 Å². The number of amides is 1. The van der Waals surface area contributed by atoms with E-state index in [1.165, 1.54) is 11.1 Å². The molecule has 0 aliphatic carbocycles. The van der Waals surface area contributed by atoms with Gasteiger partial charge in [-0.25, -0.2) is 9.78 Å². The first-order chi connectivity index (χ1) is 9.86. The Hall–Kier alpha value is -2.11. The summed E-state index contributed by atoms with van der Waals surface area (Å²) in [7, 11) is 3.37. The van der Waals surface area contributed by atoms with Crippen LogP contribution in [-0.2, 0) is 4.79 Å². The molecule has 0 aromatic carbocycles. The molecular formula is C15H21N3O3. The van der Waals surface area contributed by atoms with E-state index in [-0.39, 0.29) is 5.91 Å². The van der Waals surface area contributed by atoms with Gasteiger partial charge in [0.1, 0.15) is 11.4 Å². The number of hydrogen-bond acceptors (Lipinski definition) is 4. The van der Waals surface area contributed by atoms with Crippen molar-refractivity contribution in [1.82, 2.24) is 9.88 Å². The second-order valence-corrected chi connectivity index (χ2v) is 5.79. The number of aliphatic carboxylic acids is 1. The van der Waals surface area contributed by atoms with Crippen LogP contribution in [-0.4, -0.2) is 53.0 Å². The van der Waals surface area contributed by atoms with E-state index in [9.17, 15) is 14.7 Å². The predicted octanol–water partition coefficient (Wildman–Crippen LogP) is 1.62. The standard InChI is InChI=1S/C15H21N3O3/c1-15(14(20)21)8-4-5-9-18(15)12-7-6-11(10-16-12)13(19)17(2)3/h6-7,10H,4-5,8-9H2,1-3H3,(H,20,21). The number of carbonyl (C=O) groups excluding carboxylic acids is 1. The first-order valence-corrected chi connectivity index (χ1v) is 7.05. The Balaban J connectivity index is 2.28. The van der Waals surface area contributed by atoms with E-state index < -0.39 is 11.5 Å². The van der Waals surface area contributed by atoms with Gasteiger partial charge in [-0.1, -0.05) is 0 Å². The zero-order valence-electron chi connectivity index (χ0n) is 12.7. The van der Waals surface area contributed by atoms with Gasteiger partial charge in [0.2, 0.25) is 0 Å². The van der Waals surface area contributed by atoms with Crippen molar-refractivity contribution in [3.8, 4) is 0 Å². The molecule has 0 bridgehead atoms. The Bertz CT molecular complexity index is 542. The molecule has 1 fully saturated rings. The van der Waals surface area contributed by atoms with Gasteiger partial charge in [0.15, 0.2) is 0 Å². The van der Waals surface area contributed by atoms with Crippen molar-refractivity contribution >= 4 is 17.7 Å². The third-order valence-corrected chi connectivity index (χ3v) is 4.03. The highest BCUT2D eigenvalue weighted by atomic mass is 16.4. The van der Waals surface area contributed by atoms with Gasteiger partial charge in [-0.3, -0.25) is 4.79 Å². The fraction of sp³-hybridized carbons (Fsp3) is 0.533. The monoisotopic (exact) mass is 291 g/mol. The lowest BCUT2D eigenvalue weighted by molar-refractivity contribution is -0.143. The van der Waals surface area contributed by atoms with Crippen molar-refractivity contribution in [1.29, 1.82) is 0 Å². The molecule has 1 aliphatic heterocycles. The van der Waals surface area contributed by atoms with Gasteiger partial charge in [-0.15, -0.1) is 0 Å². The number of carbonyl (C=O) groups is 2. The molecule has 0 saturated carbocycles. The van der Waals surface area contributed by atoms with Crippen LogP contribution in [0.1, 0.15) is 36.5 Å². The van der Waals surface area contributed by atoms with Crippen LogP contribution in [0.3, 0.4) is 0 Å². The molecule has 114 valence electrons. The smallest absolute Gasteiger partial charge is 0.329 e. The number of nitrogens with zero attached hydrogens (tertiary/aromatic N) is 3. The van der Waals surface area contributed by atoms with Crippen molar-refractivity contribution < 1.29 is 14.7 Å². The first-order valence-electron chi connectivity index (χ1n) is 7.05. The van der Waals surface area contributed by atoms with Crippen molar-refractivity contribution in [2.24, 2.45) is 0 Å². The molecule has 1 amide bonds. The minimum absolute atomic E-state index is 0.117. The van der Waals surface area contributed by atoms with E-state index in [0.29, 0.717) is 24.3 Å². The van der Waals surface area contributed by atoms with E-state index in [1.807, 2.05) is 4.90 Å². The Kier molecular flexibility index (Phi) is 4.16. The molecule has 21 heavy (non-hydrogen) atoms. The maximum atomic E-state index is 11.8. The molecule has 1 aromatic heterocycles. The molecule has 1 atom stereocenters. The molecule has 1 aliphatic rings. The summed E-state index contributed by atoms with van der Waals surface area (Å²) in [5.41, 5.74) is -0.434. The largest absolute Gasteiger partial charge is 0.480 e. The summed E-state index contributed by atoms with van der Waals surface area (Å²) in [4.78, 5) is 31.0. The fourth-order valence-corrected chi connectivity index (χ4v) is 2.64. The van der Waals surface area contributed by atoms with Gasteiger partial charge in [0, 0.05) is 26.8 Å². The molecule has 2 rings (SSSR count). The molecule has 6 heteroatoms. The summed E-state index contributed by atoms with van der Waals surface area (Å²) >= 11 is 0. The summed E-state index contributed by atoms with van der Waals surface area (Å²) in [5.74, 6) is -0.346. The predicted molar refractivity (Wildman–Crippen MR) is 79.5 cm³/mol. The zero-order valence-corrected chi connectivity index (χ0v) is 12.7. The summed E-state index contributed by atoms with van der Waals surface area (Å²) < 4.78 is 0. The van der Waals surface area contributed by atoms with Crippen LogP contribution >= 0.6 is 0 Å². The molecule has 1 aromatic rings. The molecule has 2 heterocycles. The molecule has 1 saturated heterocycles. The number of anilines is 1. The van der Waals surface area contributed by atoms with E-state index >= 15 is 0 Å². The Morgan fingerprint density at radius 1 is 1.33 bits per heavy atom.